The predicted molar refractivity (Wildman–Crippen MR) is 43.3 cm³/mol. The molecule has 0 saturated carbocycles. The van der Waals surface area contributed by atoms with Gasteiger partial charge in [-0.05, 0) is 12.8 Å². The largest absolute Gasteiger partial charge is 0.550 e. The van der Waals surface area contributed by atoms with Crippen molar-refractivity contribution in [3.63, 3.8) is 0 Å². The van der Waals surface area contributed by atoms with Crippen molar-refractivity contribution >= 4 is 6.16 Å². The lowest BCUT2D eigenvalue weighted by Crippen LogP contribution is -2.24. The summed E-state index contributed by atoms with van der Waals surface area (Å²) in [6.45, 7) is 1.93. The number of carbonyl (C=O) groups excluding carboxylic acids is 1. The van der Waals surface area contributed by atoms with Crippen LogP contribution < -0.4 is 5.11 Å². The van der Waals surface area contributed by atoms with Crippen LogP contribution in [0.2, 0.25) is 0 Å². The van der Waals surface area contributed by atoms with Crippen molar-refractivity contribution in [2.24, 2.45) is 0 Å². The Morgan fingerprint density at radius 1 is 1.15 bits per heavy atom. The molecule has 0 aromatic rings. The number of methoxy groups -OCH3 is 1. The highest BCUT2D eigenvalue weighted by Gasteiger charge is 1.89. The molecule has 0 atom stereocenters. The highest BCUT2D eigenvalue weighted by molar-refractivity contribution is 5.53. The molecule has 5 heteroatoms. The third-order valence-corrected chi connectivity index (χ3v) is 1.29. The lowest BCUT2D eigenvalue weighted by molar-refractivity contribution is -0.282. The third-order valence-electron chi connectivity index (χ3n) is 1.29. The Balaban J connectivity index is 2.87. The summed E-state index contributed by atoms with van der Waals surface area (Å²) < 4.78 is 14.1. The molecule has 0 fully saturated rings. The summed E-state index contributed by atoms with van der Waals surface area (Å²) in [6, 6.07) is 0. The average Bonchev–Trinajstić information content (AvgIpc) is 2.09. The van der Waals surface area contributed by atoms with Crippen LogP contribution in [0.3, 0.4) is 0 Å². The van der Waals surface area contributed by atoms with E-state index in [1.54, 1.807) is 7.11 Å². The molecule has 0 rings (SSSR count). The van der Waals surface area contributed by atoms with Crippen molar-refractivity contribution in [1.82, 2.24) is 0 Å². The quantitative estimate of drug-likeness (QED) is 0.392. The van der Waals surface area contributed by atoms with Crippen LogP contribution in [0.1, 0.15) is 12.8 Å². The van der Waals surface area contributed by atoms with Gasteiger partial charge in [0.2, 0.25) is 0 Å². The van der Waals surface area contributed by atoms with Crippen LogP contribution in [0, 0.1) is 0 Å². The molecule has 0 N–H and O–H groups in total. The first-order valence-corrected chi connectivity index (χ1v) is 4.18. The molecular weight excluding hydrogens is 176 g/mol. The molecule has 0 heterocycles. The van der Waals surface area contributed by atoms with E-state index in [4.69, 9.17) is 9.47 Å². The number of ether oxygens (including phenoxy) is 3. The van der Waals surface area contributed by atoms with Gasteiger partial charge >= 0.3 is 0 Å². The van der Waals surface area contributed by atoms with Gasteiger partial charge in [0.1, 0.15) is 0 Å². The third kappa shape index (κ3) is 11.2. The minimum absolute atomic E-state index is 0.132. The zero-order chi connectivity index (χ0) is 9.94. The molecule has 78 valence electrons. The lowest BCUT2D eigenvalue weighted by Gasteiger charge is -2.07. The Labute approximate surface area is 77.6 Å². The van der Waals surface area contributed by atoms with Crippen LogP contribution >= 0.6 is 0 Å². The van der Waals surface area contributed by atoms with Gasteiger partial charge in [-0.15, -0.1) is 0 Å². The monoisotopic (exact) mass is 191 g/mol. The molecule has 0 bridgehead atoms. The molecule has 0 amide bonds. The zero-order valence-electron chi connectivity index (χ0n) is 7.78. The smallest absolute Gasteiger partial charge is 0.251 e. The lowest BCUT2D eigenvalue weighted by atomic mass is 10.4. The molecule has 0 aliphatic heterocycles. The molecule has 0 aliphatic rings. The van der Waals surface area contributed by atoms with Crippen molar-refractivity contribution in [3.8, 4) is 0 Å². The molecule has 13 heavy (non-hydrogen) atoms. The van der Waals surface area contributed by atoms with Crippen LogP contribution in [0.25, 0.3) is 0 Å². The second-order valence-corrected chi connectivity index (χ2v) is 2.41. The standard InChI is InChI=1S/C8H16O5/c1-11-4-2-5-12-6-3-7-13-8(9)10/h2-7H2,1H3,(H,9,10)/p-1. The highest BCUT2D eigenvalue weighted by atomic mass is 16.7. The second-order valence-electron chi connectivity index (χ2n) is 2.41. The summed E-state index contributed by atoms with van der Waals surface area (Å²) >= 11 is 0. The van der Waals surface area contributed by atoms with Crippen molar-refractivity contribution < 1.29 is 24.1 Å². The summed E-state index contributed by atoms with van der Waals surface area (Å²) in [7, 11) is 1.63. The van der Waals surface area contributed by atoms with E-state index < -0.39 is 6.16 Å². The normalized spacial score (nSPS) is 9.92. The summed E-state index contributed by atoms with van der Waals surface area (Å²) in [5.74, 6) is 0. The Kier molecular flexibility index (Phi) is 8.70. The van der Waals surface area contributed by atoms with E-state index in [0.29, 0.717) is 26.2 Å². The van der Waals surface area contributed by atoms with Crippen molar-refractivity contribution in [2.75, 3.05) is 33.5 Å². The Hall–Kier alpha value is -0.810. The maximum Gasteiger partial charge on any atom is 0.251 e. The first-order chi connectivity index (χ1) is 6.27. The molecule has 0 radical (unpaired) electrons. The van der Waals surface area contributed by atoms with Gasteiger partial charge in [-0.2, -0.15) is 0 Å². The molecule has 0 aliphatic carbocycles. The summed E-state index contributed by atoms with van der Waals surface area (Å²) in [5.41, 5.74) is 0. The minimum Gasteiger partial charge on any atom is -0.550 e. The van der Waals surface area contributed by atoms with E-state index in [-0.39, 0.29) is 6.61 Å². The minimum atomic E-state index is -1.49. The topological polar surface area (TPSA) is 67.8 Å². The number of carboxylic acid groups (broad SMARTS) is 1. The number of rotatable bonds is 8. The SMILES string of the molecule is COCCCOCCCOC(=O)[O-]. The molecule has 0 unspecified atom stereocenters. The van der Waals surface area contributed by atoms with Gasteiger partial charge in [-0.25, -0.2) is 0 Å². The number of hydrogen-bond acceptors (Lipinski definition) is 5. The van der Waals surface area contributed by atoms with Gasteiger partial charge in [-0.3, -0.25) is 0 Å². The maximum absolute atomic E-state index is 9.78. The van der Waals surface area contributed by atoms with Crippen LogP contribution in [0.5, 0.6) is 0 Å². The highest BCUT2D eigenvalue weighted by Crippen LogP contribution is 1.87. The molecule has 0 spiro atoms. The fourth-order valence-electron chi connectivity index (χ4n) is 0.724. The van der Waals surface area contributed by atoms with E-state index in [1.165, 1.54) is 0 Å². The van der Waals surface area contributed by atoms with Crippen LogP contribution in [-0.2, 0) is 14.2 Å². The first kappa shape index (κ1) is 12.2. The van der Waals surface area contributed by atoms with E-state index in [9.17, 15) is 9.90 Å². The van der Waals surface area contributed by atoms with E-state index in [1.807, 2.05) is 0 Å². The van der Waals surface area contributed by atoms with E-state index in [0.717, 1.165) is 6.42 Å². The number of carbonyl (C=O) groups is 1. The Bertz CT molecular complexity index is 126. The fraction of sp³-hybridized carbons (Fsp3) is 0.875. The Morgan fingerprint density at radius 2 is 1.77 bits per heavy atom. The second kappa shape index (κ2) is 9.28. The van der Waals surface area contributed by atoms with E-state index >= 15 is 0 Å². The van der Waals surface area contributed by atoms with Gasteiger partial charge in [-0.1, -0.05) is 0 Å². The summed E-state index contributed by atoms with van der Waals surface area (Å²) in [4.78, 5) is 9.78. The fourth-order valence-corrected chi connectivity index (χ4v) is 0.724. The molecule has 0 aromatic heterocycles. The van der Waals surface area contributed by atoms with Crippen molar-refractivity contribution in [3.05, 3.63) is 0 Å². The number of hydrogen-bond donors (Lipinski definition) is 0. The van der Waals surface area contributed by atoms with Crippen molar-refractivity contribution in [1.29, 1.82) is 0 Å². The summed E-state index contributed by atoms with van der Waals surface area (Å²) in [5, 5.41) is 9.78. The summed E-state index contributed by atoms with van der Waals surface area (Å²) in [6.07, 6.45) is -0.0851. The van der Waals surface area contributed by atoms with Gasteiger partial charge in [0.15, 0.2) is 0 Å². The van der Waals surface area contributed by atoms with Gasteiger partial charge in [0.05, 0.1) is 0 Å². The first-order valence-electron chi connectivity index (χ1n) is 4.18. The van der Waals surface area contributed by atoms with Crippen LogP contribution in [-0.4, -0.2) is 39.7 Å². The van der Waals surface area contributed by atoms with E-state index in [2.05, 4.69) is 4.74 Å². The van der Waals surface area contributed by atoms with Crippen molar-refractivity contribution in [2.45, 2.75) is 12.8 Å². The van der Waals surface area contributed by atoms with Gasteiger partial charge in [0, 0.05) is 33.5 Å². The molecule has 0 saturated heterocycles. The van der Waals surface area contributed by atoms with Crippen LogP contribution in [0.4, 0.5) is 4.79 Å². The molecular formula is C8H15O5-. The maximum atomic E-state index is 9.78. The molecule has 0 aromatic carbocycles. The average molecular weight is 191 g/mol. The zero-order valence-corrected chi connectivity index (χ0v) is 7.78. The van der Waals surface area contributed by atoms with Crippen LogP contribution in [0.15, 0.2) is 0 Å². The van der Waals surface area contributed by atoms with Gasteiger partial charge in [0.25, 0.3) is 6.16 Å². The molecule has 5 nitrogen and oxygen atoms in total. The van der Waals surface area contributed by atoms with Gasteiger partial charge < -0.3 is 24.1 Å². The predicted octanol–water partition coefficient (Wildman–Crippen LogP) is -0.211. The Morgan fingerprint density at radius 3 is 2.31 bits per heavy atom.